The van der Waals surface area contributed by atoms with Crippen molar-refractivity contribution in [1.29, 1.82) is 0 Å². The van der Waals surface area contributed by atoms with Crippen molar-refractivity contribution in [2.45, 2.75) is 0 Å². The number of sulfonamides is 1. The monoisotopic (exact) mass is 285 g/mol. The van der Waals surface area contributed by atoms with E-state index in [1.54, 1.807) is 13.2 Å². The molecule has 1 aromatic carbocycles. The third-order valence-electron chi connectivity index (χ3n) is 3.22. The molecule has 0 saturated carbocycles. The van der Waals surface area contributed by atoms with Crippen molar-refractivity contribution in [3.8, 4) is 5.75 Å². The Bertz CT molecular complexity index is 551. The molecule has 1 aliphatic heterocycles. The normalized spacial score (nSPS) is 17.5. The predicted molar refractivity (Wildman–Crippen MR) is 76.0 cm³/mol. The van der Waals surface area contributed by atoms with Gasteiger partial charge in [-0.25, -0.2) is 8.42 Å². The molecule has 0 atom stereocenters. The molecule has 0 radical (unpaired) electrons. The van der Waals surface area contributed by atoms with Gasteiger partial charge in [-0.2, -0.15) is 4.31 Å². The minimum Gasteiger partial charge on any atom is -0.497 e. The Morgan fingerprint density at radius 1 is 1.16 bits per heavy atom. The van der Waals surface area contributed by atoms with Gasteiger partial charge in [-0.15, -0.1) is 0 Å². The van der Waals surface area contributed by atoms with Crippen molar-refractivity contribution in [1.82, 2.24) is 4.31 Å². The van der Waals surface area contributed by atoms with Crippen molar-refractivity contribution >= 4 is 21.4 Å². The number of anilines is 2. The van der Waals surface area contributed by atoms with E-state index in [2.05, 4.69) is 4.90 Å². The third kappa shape index (κ3) is 3.30. The molecule has 0 spiro atoms. The summed E-state index contributed by atoms with van der Waals surface area (Å²) < 4.78 is 29.6. The second-order valence-corrected chi connectivity index (χ2v) is 6.60. The van der Waals surface area contributed by atoms with Crippen LogP contribution in [0.5, 0.6) is 5.75 Å². The van der Waals surface area contributed by atoms with Crippen molar-refractivity contribution in [2.75, 3.05) is 50.2 Å². The molecular weight excluding hydrogens is 266 g/mol. The zero-order valence-electron chi connectivity index (χ0n) is 11.2. The lowest BCUT2D eigenvalue weighted by molar-refractivity contribution is 0.387. The predicted octanol–water partition coefficient (Wildman–Crippen LogP) is 0.359. The minimum atomic E-state index is -3.10. The highest BCUT2D eigenvalue weighted by Gasteiger charge is 2.23. The number of nitrogens with two attached hydrogens (primary N) is 1. The smallest absolute Gasteiger partial charge is 0.211 e. The molecule has 0 amide bonds. The van der Waals surface area contributed by atoms with Crippen LogP contribution in [0.15, 0.2) is 18.2 Å². The number of nitrogen functional groups attached to an aromatic ring is 1. The second kappa shape index (κ2) is 5.26. The van der Waals surface area contributed by atoms with Crippen molar-refractivity contribution in [2.24, 2.45) is 0 Å². The van der Waals surface area contributed by atoms with E-state index in [1.807, 2.05) is 12.1 Å². The summed E-state index contributed by atoms with van der Waals surface area (Å²) in [5.74, 6) is 0.709. The third-order valence-corrected chi connectivity index (χ3v) is 4.53. The number of ether oxygens (including phenoxy) is 1. The first-order valence-corrected chi connectivity index (χ1v) is 7.89. The van der Waals surface area contributed by atoms with Crippen LogP contribution in [0.25, 0.3) is 0 Å². The first-order chi connectivity index (χ1) is 8.90. The molecule has 1 fully saturated rings. The molecule has 2 N–H and O–H groups in total. The van der Waals surface area contributed by atoms with Crippen LogP contribution < -0.4 is 15.4 Å². The largest absolute Gasteiger partial charge is 0.497 e. The van der Waals surface area contributed by atoms with Gasteiger partial charge in [-0.1, -0.05) is 0 Å². The Morgan fingerprint density at radius 3 is 2.32 bits per heavy atom. The lowest BCUT2D eigenvalue weighted by atomic mass is 10.2. The zero-order chi connectivity index (χ0) is 14.0. The maximum atomic E-state index is 11.5. The SMILES string of the molecule is COc1cc(N)cc(N2CCN(S(C)(=O)=O)CC2)c1. The summed E-state index contributed by atoms with van der Waals surface area (Å²) in [5.41, 5.74) is 7.43. The summed E-state index contributed by atoms with van der Waals surface area (Å²) in [6.07, 6.45) is 1.24. The highest BCUT2D eigenvalue weighted by Crippen LogP contribution is 2.26. The maximum absolute atomic E-state index is 11.5. The first kappa shape index (κ1) is 14.0. The van der Waals surface area contributed by atoms with Gasteiger partial charge in [0.2, 0.25) is 10.0 Å². The first-order valence-electron chi connectivity index (χ1n) is 6.05. The number of piperazine rings is 1. The Balaban J connectivity index is 2.11. The van der Waals surface area contributed by atoms with Gasteiger partial charge < -0.3 is 15.4 Å². The number of hydrogen-bond donors (Lipinski definition) is 1. The van der Waals surface area contributed by atoms with Gasteiger partial charge in [-0.3, -0.25) is 0 Å². The van der Waals surface area contributed by atoms with Gasteiger partial charge in [0.15, 0.2) is 0 Å². The number of methoxy groups -OCH3 is 1. The average Bonchev–Trinajstić information content (AvgIpc) is 2.37. The van der Waals surface area contributed by atoms with Crippen LogP contribution in [-0.4, -0.2) is 52.3 Å². The number of nitrogens with zero attached hydrogens (tertiary/aromatic N) is 2. The summed E-state index contributed by atoms with van der Waals surface area (Å²) in [6.45, 7) is 2.30. The summed E-state index contributed by atoms with van der Waals surface area (Å²) in [6, 6.07) is 5.54. The van der Waals surface area contributed by atoms with E-state index in [-0.39, 0.29) is 0 Å². The fourth-order valence-corrected chi connectivity index (χ4v) is 3.01. The molecular formula is C12H19N3O3S. The van der Waals surface area contributed by atoms with Crippen LogP contribution >= 0.6 is 0 Å². The highest BCUT2D eigenvalue weighted by atomic mass is 32.2. The minimum absolute atomic E-state index is 0.496. The van der Waals surface area contributed by atoms with Crippen molar-refractivity contribution in [3.63, 3.8) is 0 Å². The summed E-state index contributed by atoms with van der Waals surface area (Å²) >= 11 is 0. The molecule has 0 aliphatic carbocycles. The lowest BCUT2D eigenvalue weighted by Crippen LogP contribution is -2.48. The Labute approximate surface area is 113 Å². The molecule has 1 heterocycles. The van der Waals surface area contributed by atoms with Crippen molar-refractivity contribution in [3.05, 3.63) is 18.2 Å². The molecule has 1 aromatic rings. The van der Waals surface area contributed by atoms with E-state index >= 15 is 0 Å². The van der Waals surface area contributed by atoms with E-state index in [1.165, 1.54) is 10.6 Å². The van der Waals surface area contributed by atoms with Crippen LogP contribution in [-0.2, 0) is 10.0 Å². The van der Waals surface area contributed by atoms with Gasteiger partial charge in [-0.05, 0) is 6.07 Å². The van der Waals surface area contributed by atoms with E-state index in [9.17, 15) is 8.42 Å². The Hall–Kier alpha value is -1.47. The Kier molecular flexibility index (Phi) is 3.86. The summed E-state index contributed by atoms with van der Waals surface area (Å²) in [4.78, 5) is 2.11. The molecule has 106 valence electrons. The zero-order valence-corrected chi connectivity index (χ0v) is 12.0. The van der Waals surface area contributed by atoms with Crippen LogP contribution in [0.2, 0.25) is 0 Å². The van der Waals surface area contributed by atoms with Crippen LogP contribution in [0, 0.1) is 0 Å². The molecule has 0 bridgehead atoms. The van der Waals surface area contributed by atoms with Gasteiger partial charge >= 0.3 is 0 Å². The highest BCUT2D eigenvalue weighted by molar-refractivity contribution is 7.88. The van der Waals surface area contributed by atoms with Crippen LogP contribution in [0.1, 0.15) is 0 Å². The lowest BCUT2D eigenvalue weighted by Gasteiger charge is -2.34. The van der Waals surface area contributed by atoms with Gasteiger partial charge in [0.05, 0.1) is 13.4 Å². The molecule has 0 aromatic heterocycles. The van der Waals surface area contributed by atoms with E-state index < -0.39 is 10.0 Å². The van der Waals surface area contributed by atoms with Gasteiger partial charge in [0, 0.05) is 49.7 Å². The molecule has 0 unspecified atom stereocenters. The van der Waals surface area contributed by atoms with E-state index in [0.29, 0.717) is 37.6 Å². The van der Waals surface area contributed by atoms with E-state index in [4.69, 9.17) is 10.5 Å². The topological polar surface area (TPSA) is 75.9 Å². The van der Waals surface area contributed by atoms with Gasteiger partial charge in [0.1, 0.15) is 5.75 Å². The quantitative estimate of drug-likeness (QED) is 0.812. The fraction of sp³-hybridized carbons (Fsp3) is 0.500. The average molecular weight is 285 g/mol. The Morgan fingerprint density at radius 2 is 1.79 bits per heavy atom. The summed E-state index contributed by atoms with van der Waals surface area (Å²) in [5, 5.41) is 0. The maximum Gasteiger partial charge on any atom is 0.211 e. The molecule has 1 saturated heterocycles. The standard InChI is InChI=1S/C12H19N3O3S/c1-18-12-8-10(13)7-11(9-12)14-3-5-15(6-4-14)19(2,16)17/h7-9H,3-6,13H2,1-2H3. The molecule has 6 nitrogen and oxygen atoms in total. The number of rotatable bonds is 3. The number of benzene rings is 1. The van der Waals surface area contributed by atoms with E-state index in [0.717, 1.165) is 5.69 Å². The molecule has 1 aliphatic rings. The van der Waals surface area contributed by atoms with Crippen molar-refractivity contribution < 1.29 is 13.2 Å². The molecule has 19 heavy (non-hydrogen) atoms. The van der Waals surface area contributed by atoms with Gasteiger partial charge in [0.25, 0.3) is 0 Å². The van der Waals surface area contributed by atoms with Crippen LogP contribution in [0.4, 0.5) is 11.4 Å². The molecule has 2 rings (SSSR count). The second-order valence-electron chi connectivity index (χ2n) is 4.61. The van der Waals surface area contributed by atoms with Crippen LogP contribution in [0.3, 0.4) is 0 Å². The molecule has 7 heteroatoms. The number of hydrogen-bond acceptors (Lipinski definition) is 5. The summed E-state index contributed by atoms with van der Waals surface area (Å²) in [7, 11) is -1.50. The fourth-order valence-electron chi connectivity index (χ4n) is 2.18.